The van der Waals surface area contributed by atoms with Crippen LogP contribution in [0.15, 0.2) is 60.9 Å². The quantitative estimate of drug-likeness (QED) is 0.667. The lowest BCUT2D eigenvalue weighted by Crippen LogP contribution is -2.40. The number of nitrogens with one attached hydrogen (secondary N) is 2. The molecule has 27 heavy (non-hydrogen) atoms. The Morgan fingerprint density at radius 1 is 1.22 bits per heavy atom. The van der Waals surface area contributed by atoms with E-state index in [1.807, 2.05) is 68.0 Å². The Bertz CT molecular complexity index is 966. The summed E-state index contributed by atoms with van der Waals surface area (Å²) in [7, 11) is 1.88. The molecule has 1 aliphatic carbocycles. The van der Waals surface area contributed by atoms with Crippen molar-refractivity contribution < 1.29 is 9.90 Å². The fourth-order valence-corrected chi connectivity index (χ4v) is 3.63. The minimum atomic E-state index is -0.601. The van der Waals surface area contributed by atoms with E-state index in [-0.39, 0.29) is 12.1 Å². The summed E-state index contributed by atoms with van der Waals surface area (Å²) in [6.07, 6.45) is 3.72. The number of carbonyl (C=O) groups excluding carboxylic acids is 1. The van der Waals surface area contributed by atoms with Crippen molar-refractivity contribution in [2.75, 3.05) is 0 Å². The molecule has 0 fully saturated rings. The number of aliphatic hydroxyl groups excluding tert-OH is 1. The maximum atomic E-state index is 12.4. The Labute approximate surface area is 157 Å². The fraction of sp³-hybridized carbons (Fsp3) is 0.238. The van der Waals surface area contributed by atoms with Crippen molar-refractivity contribution in [1.82, 2.24) is 20.4 Å². The van der Waals surface area contributed by atoms with Crippen LogP contribution in [-0.2, 0) is 20.0 Å². The largest absolute Gasteiger partial charge is 0.390 e. The van der Waals surface area contributed by atoms with Gasteiger partial charge in [-0.05, 0) is 22.3 Å². The monoisotopic (exact) mass is 362 g/mol. The molecule has 138 valence electrons. The van der Waals surface area contributed by atoms with E-state index in [1.54, 1.807) is 4.68 Å². The number of rotatable bonds is 4. The highest BCUT2D eigenvalue weighted by Gasteiger charge is 2.31. The van der Waals surface area contributed by atoms with Crippen molar-refractivity contribution in [2.24, 2.45) is 7.05 Å². The van der Waals surface area contributed by atoms with Gasteiger partial charge >= 0.3 is 6.03 Å². The fourth-order valence-electron chi connectivity index (χ4n) is 3.63. The molecule has 2 atom stereocenters. The van der Waals surface area contributed by atoms with Gasteiger partial charge in [-0.15, -0.1) is 0 Å². The minimum absolute atomic E-state index is 0.295. The second kappa shape index (κ2) is 7.25. The lowest BCUT2D eigenvalue weighted by molar-refractivity contribution is 0.142. The second-order valence-corrected chi connectivity index (χ2v) is 6.83. The predicted molar refractivity (Wildman–Crippen MR) is 103 cm³/mol. The summed E-state index contributed by atoms with van der Waals surface area (Å²) < 4.78 is 1.76. The molecule has 0 saturated carbocycles. The maximum absolute atomic E-state index is 12.4. The number of hydrogen-bond acceptors (Lipinski definition) is 3. The van der Waals surface area contributed by atoms with Crippen LogP contribution in [0.25, 0.3) is 11.1 Å². The number of hydrogen-bond donors (Lipinski definition) is 3. The molecule has 0 aliphatic heterocycles. The van der Waals surface area contributed by atoms with Crippen LogP contribution in [0.5, 0.6) is 0 Å². The number of aromatic nitrogens is 2. The molecule has 1 aliphatic rings. The van der Waals surface area contributed by atoms with Gasteiger partial charge in [0.05, 0.1) is 18.3 Å². The first-order chi connectivity index (χ1) is 13.1. The third-order valence-corrected chi connectivity index (χ3v) is 4.96. The number of fused-ring (bicyclic) bond motifs is 1. The molecule has 2 amide bonds. The van der Waals surface area contributed by atoms with Crippen LogP contribution >= 0.6 is 0 Å². The van der Waals surface area contributed by atoms with E-state index in [0.717, 1.165) is 27.8 Å². The lowest BCUT2D eigenvalue weighted by atomic mass is 10.0. The summed E-state index contributed by atoms with van der Waals surface area (Å²) >= 11 is 0. The molecule has 2 aromatic carbocycles. The van der Waals surface area contributed by atoms with Crippen molar-refractivity contribution in [3.63, 3.8) is 0 Å². The van der Waals surface area contributed by atoms with Gasteiger partial charge in [0, 0.05) is 31.8 Å². The molecule has 0 bridgehead atoms. The Kier molecular flexibility index (Phi) is 4.64. The Morgan fingerprint density at radius 3 is 2.81 bits per heavy atom. The van der Waals surface area contributed by atoms with E-state index in [9.17, 15) is 9.90 Å². The third-order valence-electron chi connectivity index (χ3n) is 4.96. The average Bonchev–Trinajstić information content (AvgIpc) is 3.24. The molecule has 6 nitrogen and oxygen atoms in total. The molecule has 1 aromatic heterocycles. The third kappa shape index (κ3) is 3.57. The van der Waals surface area contributed by atoms with Gasteiger partial charge in [-0.25, -0.2) is 4.79 Å². The van der Waals surface area contributed by atoms with Crippen molar-refractivity contribution in [3.8, 4) is 11.1 Å². The van der Waals surface area contributed by atoms with E-state index in [1.165, 1.54) is 0 Å². The Morgan fingerprint density at radius 2 is 2.00 bits per heavy atom. The van der Waals surface area contributed by atoms with Gasteiger partial charge in [0.25, 0.3) is 0 Å². The summed E-state index contributed by atoms with van der Waals surface area (Å²) in [5.41, 5.74) is 5.12. The standard InChI is InChI=1S/C21H22N4O2/c1-25-13-16(12-23-25)17-8-4-3-7-15(17)11-22-21(27)24-20-18-9-5-2-6-14(18)10-19(20)26/h2-9,12-13,19-20,26H,10-11H2,1H3,(H2,22,24,27)/t19-,20+/m1/s1. The molecule has 1 heterocycles. The van der Waals surface area contributed by atoms with E-state index in [2.05, 4.69) is 15.7 Å². The summed E-state index contributed by atoms with van der Waals surface area (Å²) in [6, 6.07) is 15.1. The summed E-state index contributed by atoms with van der Waals surface area (Å²) in [5, 5.41) is 20.3. The van der Waals surface area contributed by atoms with Crippen LogP contribution in [0.3, 0.4) is 0 Å². The van der Waals surface area contributed by atoms with Gasteiger partial charge in [0.1, 0.15) is 0 Å². The zero-order valence-corrected chi connectivity index (χ0v) is 15.1. The van der Waals surface area contributed by atoms with Gasteiger partial charge in [-0.1, -0.05) is 48.5 Å². The number of urea groups is 1. The first-order valence-electron chi connectivity index (χ1n) is 8.99. The number of benzene rings is 2. The topological polar surface area (TPSA) is 79.2 Å². The van der Waals surface area contributed by atoms with Gasteiger partial charge in [-0.2, -0.15) is 5.10 Å². The molecule has 0 unspecified atom stereocenters. The van der Waals surface area contributed by atoms with E-state index < -0.39 is 6.10 Å². The number of aliphatic hydroxyl groups is 1. The van der Waals surface area contributed by atoms with Crippen molar-refractivity contribution in [1.29, 1.82) is 0 Å². The van der Waals surface area contributed by atoms with Crippen LogP contribution in [0.1, 0.15) is 22.7 Å². The number of nitrogens with zero attached hydrogens (tertiary/aromatic N) is 2. The van der Waals surface area contributed by atoms with Crippen LogP contribution in [0.2, 0.25) is 0 Å². The summed E-state index contributed by atoms with van der Waals surface area (Å²) in [4.78, 5) is 12.4. The molecular formula is C21H22N4O2. The van der Waals surface area contributed by atoms with Crippen LogP contribution < -0.4 is 10.6 Å². The molecule has 3 N–H and O–H groups in total. The average molecular weight is 362 g/mol. The molecule has 0 spiro atoms. The Balaban J connectivity index is 1.44. The zero-order valence-electron chi connectivity index (χ0n) is 15.1. The smallest absolute Gasteiger partial charge is 0.315 e. The second-order valence-electron chi connectivity index (χ2n) is 6.83. The molecule has 0 radical (unpaired) electrons. The van der Waals surface area contributed by atoms with Crippen molar-refractivity contribution >= 4 is 6.03 Å². The van der Waals surface area contributed by atoms with Gasteiger partial charge < -0.3 is 15.7 Å². The summed E-state index contributed by atoms with van der Waals surface area (Å²) in [6.45, 7) is 0.390. The van der Waals surface area contributed by atoms with Gasteiger partial charge in [0.15, 0.2) is 0 Å². The molecule has 6 heteroatoms. The highest BCUT2D eigenvalue weighted by molar-refractivity contribution is 5.75. The highest BCUT2D eigenvalue weighted by atomic mass is 16.3. The number of carbonyl (C=O) groups is 1. The molecular weight excluding hydrogens is 340 g/mol. The first kappa shape index (κ1) is 17.3. The van der Waals surface area contributed by atoms with Crippen molar-refractivity contribution in [2.45, 2.75) is 25.1 Å². The van der Waals surface area contributed by atoms with Crippen molar-refractivity contribution in [3.05, 3.63) is 77.6 Å². The van der Waals surface area contributed by atoms with E-state index >= 15 is 0 Å². The Hall–Kier alpha value is -3.12. The van der Waals surface area contributed by atoms with E-state index in [4.69, 9.17) is 0 Å². The lowest BCUT2D eigenvalue weighted by Gasteiger charge is -2.19. The first-order valence-corrected chi connectivity index (χ1v) is 8.99. The number of aryl methyl sites for hydroxylation is 1. The zero-order chi connectivity index (χ0) is 18.8. The normalized spacial score (nSPS) is 18.1. The highest BCUT2D eigenvalue weighted by Crippen LogP contribution is 2.31. The maximum Gasteiger partial charge on any atom is 0.315 e. The number of amides is 2. The van der Waals surface area contributed by atoms with Crippen LogP contribution in [-0.4, -0.2) is 27.0 Å². The molecule has 3 aromatic rings. The molecule has 0 saturated heterocycles. The van der Waals surface area contributed by atoms with Crippen LogP contribution in [0.4, 0.5) is 4.79 Å². The minimum Gasteiger partial charge on any atom is -0.390 e. The molecule has 4 rings (SSSR count). The SMILES string of the molecule is Cn1cc(-c2ccccc2CNC(=O)N[C@H]2c3ccccc3C[C@H]2O)cn1. The summed E-state index contributed by atoms with van der Waals surface area (Å²) in [5.74, 6) is 0. The van der Waals surface area contributed by atoms with Crippen LogP contribution in [0, 0.1) is 0 Å². The van der Waals surface area contributed by atoms with E-state index in [0.29, 0.717) is 13.0 Å². The van der Waals surface area contributed by atoms with Gasteiger partial charge in [0.2, 0.25) is 0 Å². The van der Waals surface area contributed by atoms with Gasteiger partial charge in [-0.3, -0.25) is 4.68 Å². The predicted octanol–water partition coefficient (Wildman–Crippen LogP) is 2.54.